The molecule has 2 nitrogen and oxygen atoms in total. The molecule has 0 amide bonds. The molecule has 2 aromatic carbocycles. The zero-order valence-electron chi connectivity index (χ0n) is 14.5. The molecule has 0 saturated heterocycles. The van der Waals surface area contributed by atoms with E-state index in [0.717, 1.165) is 30.4 Å². The standard InChI is InChI=1S/C21H26O2/c1-5-17-15(10-8-11-18(17)20(22)23)13-14-16-9-6-7-12-19(16)21(2,3)4/h6-12H,5,13-14H2,1-4H3,(H,22,23). The maximum absolute atomic E-state index is 11.4. The number of carbonyl (C=O) groups is 1. The van der Waals surface area contributed by atoms with Gasteiger partial charge in [-0.1, -0.05) is 64.1 Å². The van der Waals surface area contributed by atoms with Gasteiger partial charge in [-0.2, -0.15) is 0 Å². The Labute approximate surface area is 139 Å². The van der Waals surface area contributed by atoms with Gasteiger partial charge < -0.3 is 5.11 Å². The van der Waals surface area contributed by atoms with Crippen molar-refractivity contribution in [2.45, 2.75) is 52.4 Å². The van der Waals surface area contributed by atoms with Crippen LogP contribution in [-0.4, -0.2) is 11.1 Å². The number of rotatable bonds is 5. The summed E-state index contributed by atoms with van der Waals surface area (Å²) in [4.78, 5) is 11.4. The number of hydrogen-bond donors (Lipinski definition) is 1. The van der Waals surface area contributed by atoms with Gasteiger partial charge in [-0.05, 0) is 53.0 Å². The Morgan fingerprint density at radius 2 is 1.57 bits per heavy atom. The summed E-state index contributed by atoms with van der Waals surface area (Å²) in [6.07, 6.45) is 2.56. The van der Waals surface area contributed by atoms with Crippen LogP contribution in [0.3, 0.4) is 0 Å². The molecule has 2 rings (SSSR count). The van der Waals surface area contributed by atoms with Crippen molar-refractivity contribution in [3.63, 3.8) is 0 Å². The van der Waals surface area contributed by atoms with Crippen LogP contribution in [0.4, 0.5) is 0 Å². The molecular weight excluding hydrogens is 284 g/mol. The van der Waals surface area contributed by atoms with E-state index in [2.05, 4.69) is 51.1 Å². The fraction of sp³-hybridized carbons (Fsp3) is 0.381. The Morgan fingerprint density at radius 1 is 0.957 bits per heavy atom. The Kier molecular flexibility index (Phi) is 5.25. The molecule has 1 N–H and O–H groups in total. The van der Waals surface area contributed by atoms with E-state index in [1.807, 2.05) is 13.0 Å². The van der Waals surface area contributed by atoms with Gasteiger partial charge in [-0.3, -0.25) is 0 Å². The maximum Gasteiger partial charge on any atom is 0.335 e. The fourth-order valence-electron chi connectivity index (χ4n) is 3.23. The number of hydrogen-bond acceptors (Lipinski definition) is 1. The Bertz CT molecular complexity index is 693. The molecule has 0 saturated carbocycles. The molecule has 0 atom stereocenters. The lowest BCUT2D eigenvalue weighted by atomic mass is 9.82. The van der Waals surface area contributed by atoms with Gasteiger partial charge in [0.2, 0.25) is 0 Å². The summed E-state index contributed by atoms with van der Waals surface area (Å²) in [5.41, 5.74) is 5.39. The first-order chi connectivity index (χ1) is 10.8. The van der Waals surface area contributed by atoms with Crippen LogP contribution in [0, 0.1) is 0 Å². The zero-order valence-corrected chi connectivity index (χ0v) is 14.5. The highest BCUT2D eigenvalue weighted by molar-refractivity contribution is 5.89. The third-order valence-electron chi connectivity index (χ3n) is 4.35. The molecule has 0 aromatic heterocycles. The summed E-state index contributed by atoms with van der Waals surface area (Å²) >= 11 is 0. The molecule has 0 unspecified atom stereocenters. The molecule has 0 aliphatic carbocycles. The minimum atomic E-state index is -0.834. The molecule has 0 aliphatic rings. The lowest BCUT2D eigenvalue weighted by molar-refractivity contribution is 0.0695. The second-order valence-electron chi connectivity index (χ2n) is 7.01. The number of carboxylic acids is 1. The second-order valence-corrected chi connectivity index (χ2v) is 7.01. The third-order valence-corrected chi connectivity index (χ3v) is 4.35. The maximum atomic E-state index is 11.4. The third kappa shape index (κ3) is 4.01. The van der Waals surface area contributed by atoms with Gasteiger partial charge in [0.1, 0.15) is 0 Å². The smallest absolute Gasteiger partial charge is 0.335 e. The molecule has 0 bridgehead atoms. The van der Waals surface area contributed by atoms with Gasteiger partial charge in [-0.25, -0.2) is 4.79 Å². The van der Waals surface area contributed by atoms with Crippen molar-refractivity contribution in [2.24, 2.45) is 0 Å². The van der Waals surface area contributed by atoms with Gasteiger partial charge in [0.15, 0.2) is 0 Å². The van der Waals surface area contributed by atoms with E-state index in [0.29, 0.717) is 5.56 Å². The zero-order chi connectivity index (χ0) is 17.0. The molecule has 23 heavy (non-hydrogen) atoms. The Morgan fingerprint density at radius 3 is 2.17 bits per heavy atom. The SMILES string of the molecule is CCc1c(CCc2ccccc2C(C)(C)C)cccc1C(=O)O. The first-order valence-corrected chi connectivity index (χ1v) is 8.27. The summed E-state index contributed by atoms with van der Waals surface area (Å²) in [7, 11) is 0. The Hall–Kier alpha value is -2.09. The highest BCUT2D eigenvalue weighted by Gasteiger charge is 2.18. The van der Waals surface area contributed by atoms with Crippen LogP contribution >= 0.6 is 0 Å². The van der Waals surface area contributed by atoms with Crippen molar-refractivity contribution in [3.05, 3.63) is 70.3 Å². The monoisotopic (exact) mass is 310 g/mol. The Balaban J connectivity index is 2.29. The van der Waals surface area contributed by atoms with Crippen molar-refractivity contribution in [1.82, 2.24) is 0 Å². The van der Waals surface area contributed by atoms with Crippen molar-refractivity contribution >= 4 is 5.97 Å². The highest BCUT2D eigenvalue weighted by Crippen LogP contribution is 2.27. The largest absolute Gasteiger partial charge is 0.478 e. The average Bonchev–Trinajstić information content (AvgIpc) is 2.51. The number of benzene rings is 2. The molecule has 2 heteroatoms. The summed E-state index contributed by atoms with van der Waals surface area (Å²) in [5.74, 6) is -0.834. The van der Waals surface area contributed by atoms with Crippen LogP contribution in [0.2, 0.25) is 0 Å². The van der Waals surface area contributed by atoms with Crippen molar-refractivity contribution in [2.75, 3.05) is 0 Å². The van der Waals surface area contributed by atoms with Gasteiger partial charge >= 0.3 is 5.97 Å². The van der Waals surface area contributed by atoms with Crippen LogP contribution < -0.4 is 0 Å². The van der Waals surface area contributed by atoms with Crippen LogP contribution in [0.5, 0.6) is 0 Å². The number of aryl methyl sites for hydroxylation is 2. The first-order valence-electron chi connectivity index (χ1n) is 8.27. The molecule has 2 aromatic rings. The van der Waals surface area contributed by atoms with Crippen molar-refractivity contribution in [3.8, 4) is 0 Å². The summed E-state index contributed by atoms with van der Waals surface area (Å²) in [6.45, 7) is 8.71. The molecule has 122 valence electrons. The van der Waals surface area contributed by atoms with Gasteiger partial charge in [0.05, 0.1) is 5.56 Å². The summed E-state index contributed by atoms with van der Waals surface area (Å²) < 4.78 is 0. The van der Waals surface area contributed by atoms with Crippen LogP contribution in [0.1, 0.15) is 60.3 Å². The average molecular weight is 310 g/mol. The van der Waals surface area contributed by atoms with E-state index in [1.165, 1.54) is 11.1 Å². The lowest BCUT2D eigenvalue weighted by Crippen LogP contribution is -2.14. The van der Waals surface area contributed by atoms with Crippen molar-refractivity contribution in [1.29, 1.82) is 0 Å². The predicted octanol–water partition coefficient (Wildman–Crippen LogP) is 5.03. The molecule has 0 heterocycles. The van der Waals surface area contributed by atoms with E-state index >= 15 is 0 Å². The van der Waals surface area contributed by atoms with Gasteiger partial charge in [0, 0.05) is 0 Å². The van der Waals surface area contributed by atoms with Crippen molar-refractivity contribution < 1.29 is 9.90 Å². The van der Waals surface area contributed by atoms with E-state index in [4.69, 9.17) is 0 Å². The minimum Gasteiger partial charge on any atom is -0.478 e. The number of carboxylic acid groups (broad SMARTS) is 1. The second kappa shape index (κ2) is 6.99. The van der Waals surface area contributed by atoms with E-state index in [9.17, 15) is 9.90 Å². The summed E-state index contributed by atoms with van der Waals surface area (Å²) in [5, 5.41) is 9.36. The summed E-state index contributed by atoms with van der Waals surface area (Å²) in [6, 6.07) is 14.2. The van der Waals surface area contributed by atoms with Gasteiger partial charge in [-0.15, -0.1) is 0 Å². The van der Waals surface area contributed by atoms with E-state index < -0.39 is 5.97 Å². The van der Waals surface area contributed by atoms with Crippen LogP contribution in [0.15, 0.2) is 42.5 Å². The number of aromatic carboxylic acids is 1. The molecular formula is C21H26O2. The lowest BCUT2D eigenvalue weighted by Gasteiger charge is -2.23. The quantitative estimate of drug-likeness (QED) is 0.841. The topological polar surface area (TPSA) is 37.3 Å². The van der Waals surface area contributed by atoms with Gasteiger partial charge in [0.25, 0.3) is 0 Å². The first kappa shape index (κ1) is 17.3. The minimum absolute atomic E-state index is 0.118. The normalized spacial score (nSPS) is 11.5. The van der Waals surface area contributed by atoms with E-state index in [-0.39, 0.29) is 5.41 Å². The van der Waals surface area contributed by atoms with E-state index in [1.54, 1.807) is 6.07 Å². The molecule has 0 radical (unpaired) electrons. The highest BCUT2D eigenvalue weighted by atomic mass is 16.4. The fourth-order valence-corrected chi connectivity index (χ4v) is 3.23. The van der Waals surface area contributed by atoms with Crippen LogP contribution in [0.25, 0.3) is 0 Å². The molecule has 0 aliphatic heterocycles. The molecule has 0 fully saturated rings. The predicted molar refractivity (Wildman–Crippen MR) is 95.3 cm³/mol. The van der Waals surface area contributed by atoms with Crippen LogP contribution in [-0.2, 0) is 24.7 Å². The molecule has 0 spiro atoms.